The fraction of sp³-hybridized carbons (Fsp3) is 0.0526. The molecule has 0 fully saturated rings. The minimum Gasteiger partial charge on any atom is -0.503 e. The summed E-state index contributed by atoms with van der Waals surface area (Å²) in [7, 11) is 0. The molecule has 0 radical (unpaired) electrons. The van der Waals surface area contributed by atoms with E-state index in [4.69, 9.17) is 4.98 Å². The van der Waals surface area contributed by atoms with Gasteiger partial charge in [0.2, 0.25) is 5.43 Å². The van der Waals surface area contributed by atoms with Crippen molar-refractivity contribution in [3.8, 4) is 28.6 Å². The second kappa shape index (κ2) is 6.29. The molecule has 4 heterocycles. The van der Waals surface area contributed by atoms with Crippen molar-refractivity contribution >= 4 is 0 Å². The Kier molecular flexibility index (Phi) is 3.81. The third-order valence-electron chi connectivity index (χ3n) is 4.01. The van der Waals surface area contributed by atoms with Crippen LogP contribution >= 0.6 is 0 Å². The topological polar surface area (TPSA) is 85.8 Å². The van der Waals surface area contributed by atoms with Crippen molar-refractivity contribution in [2.24, 2.45) is 0 Å². The molecule has 4 aromatic heterocycles. The second-order valence-corrected chi connectivity index (χ2v) is 5.73. The Hall–Kier alpha value is -3.74. The van der Waals surface area contributed by atoms with Gasteiger partial charge >= 0.3 is 0 Å². The molecule has 0 aliphatic heterocycles. The van der Waals surface area contributed by atoms with Crippen molar-refractivity contribution in [2.45, 2.75) is 6.92 Å². The highest BCUT2D eigenvalue weighted by atomic mass is 16.3. The van der Waals surface area contributed by atoms with Crippen LogP contribution in [0.4, 0.5) is 0 Å². The lowest BCUT2D eigenvalue weighted by Gasteiger charge is -2.09. The number of imidazole rings is 1. The van der Waals surface area contributed by atoms with Crippen molar-refractivity contribution in [1.82, 2.24) is 24.1 Å². The number of aromatic hydroxyl groups is 1. The van der Waals surface area contributed by atoms with Crippen LogP contribution in [0.25, 0.3) is 22.9 Å². The van der Waals surface area contributed by atoms with Crippen LogP contribution in [-0.2, 0) is 0 Å². The van der Waals surface area contributed by atoms with Gasteiger partial charge < -0.3 is 9.67 Å². The summed E-state index contributed by atoms with van der Waals surface area (Å²) >= 11 is 0. The van der Waals surface area contributed by atoms with Crippen LogP contribution in [0.1, 0.15) is 5.82 Å². The van der Waals surface area contributed by atoms with Gasteiger partial charge in [-0.25, -0.2) is 15.0 Å². The van der Waals surface area contributed by atoms with Gasteiger partial charge in [0.25, 0.3) is 0 Å². The summed E-state index contributed by atoms with van der Waals surface area (Å²) in [6.45, 7) is 1.92. The molecule has 7 heteroatoms. The molecule has 0 aliphatic carbocycles. The van der Waals surface area contributed by atoms with Gasteiger partial charge in [-0.05, 0) is 31.2 Å². The quantitative estimate of drug-likeness (QED) is 0.616. The molecule has 0 saturated heterocycles. The Morgan fingerprint density at radius 3 is 2.65 bits per heavy atom. The predicted molar refractivity (Wildman–Crippen MR) is 96.6 cm³/mol. The average Bonchev–Trinajstić information content (AvgIpc) is 3.10. The zero-order chi connectivity index (χ0) is 18.1. The molecule has 0 bridgehead atoms. The van der Waals surface area contributed by atoms with E-state index in [0.717, 1.165) is 22.9 Å². The number of aromatic nitrogens is 5. The smallest absolute Gasteiger partial charge is 0.223 e. The Morgan fingerprint density at radius 1 is 1.00 bits per heavy atom. The van der Waals surface area contributed by atoms with E-state index in [9.17, 15) is 9.90 Å². The first kappa shape index (κ1) is 15.8. The Labute approximate surface area is 148 Å². The van der Waals surface area contributed by atoms with Gasteiger partial charge in [-0.3, -0.25) is 9.36 Å². The summed E-state index contributed by atoms with van der Waals surface area (Å²) in [6, 6.07) is 10.8. The number of hydrogen-bond acceptors (Lipinski definition) is 5. The van der Waals surface area contributed by atoms with Crippen molar-refractivity contribution in [2.75, 3.05) is 0 Å². The van der Waals surface area contributed by atoms with Gasteiger partial charge in [0.05, 0.1) is 11.9 Å². The van der Waals surface area contributed by atoms with E-state index in [1.807, 2.05) is 48.0 Å². The largest absolute Gasteiger partial charge is 0.503 e. The predicted octanol–water partition coefficient (Wildman–Crippen LogP) is 2.49. The van der Waals surface area contributed by atoms with Gasteiger partial charge in [-0.15, -0.1) is 0 Å². The van der Waals surface area contributed by atoms with Crippen molar-refractivity contribution in [3.05, 3.63) is 83.4 Å². The fourth-order valence-electron chi connectivity index (χ4n) is 2.67. The average molecular weight is 345 g/mol. The van der Waals surface area contributed by atoms with E-state index in [0.29, 0.717) is 5.82 Å². The second-order valence-electron chi connectivity index (χ2n) is 5.73. The molecule has 4 rings (SSSR count). The van der Waals surface area contributed by atoms with E-state index in [2.05, 4.69) is 9.97 Å². The van der Waals surface area contributed by atoms with Crippen LogP contribution in [0.15, 0.2) is 72.2 Å². The third-order valence-corrected chi connectivity index (χ3v) is 4.01. The minimum absolute atomic E-state index is 0.324. The highest BCUT2D eigenvalue weighted by Gasteiger charge is 2.07. The summed E-state index contributed by atoms with van der Waals surface area (Å²) < 4.78 is 3.50. The summed E-state index contributed by atoms with van der Waals surface area (Å²) in [5.41, 5.74) is 1.22. The lowest BCUT2D eigenvalue weighted by atomic mass is 10.1. The molecule has 4 aromatic rings. The van der Waals surface area contributed by atoms with Gasteiger partial charge in [0.15, 0.2) is 5.75 Å². The number of aryl methyl sites for hydroxylation is 1. The fourth-order valence-corrected chi connectivity index (χ4v) is 2.67. The third kappa shape index (κ3) is 2.86. The number of pyridine rings is 3. The zero-order valence-electron chi connectivity index (χ0n) is 13.9. The Balaban J connectivity index is 1.76. The van der Waals surface area contributed by atoms with Crippen LogP contribution < -0.4 is 5.43 Å². The molecular weight excluding hydrogens is 330 g/mol. The summed E-state index contributed by atoms with van der Waals surface area (Å²) in [6.07, 6.45) is 8.16. The molecule has 128 valence electrons. The Morgan fingerprint density at radius 2 is 1.88 bits per heavy atom. The van der Waals surface area contributed by atoms with Crippen LogP contribution in [0.3, 0.4) is 0 Å². The van der Waals surface area contributed by atoms with Crippen LogP contribution in [0.5, 0.6) is 5.75 Å². The van der Waals surface area contributed by atoms with Crippen LogP contribution in [0, 0.1) is 6.92 Å². The molecule has 0 amide bonds. The summed E-state index contributed by atoms with van der Waals surface area (Å²) in [4.78, 5) is 24.6. The maximum atomic E-state index is 11.4. The SMILES string of the molecule is Cc1nccn1-c1cccc(-c2ccnc(-n3ccc(=O)c(O)c3)c2)n1. The molecule has 0 unspecified atom stereocenters. The normalized spacial score (nSPS) is 10.8. The van der Waals surface area contributed by atoms with Crippen molar-refractivity contribution in [1.29, 1.82) is 0 Å². The molecule has 1 N–H and O–H groups in total. The van der Waals surface area contributed by atoms with E-state index >= 15 is 0 Å². The van der Waals surface area contributed by atoms with E-state index < -0.39 is 5.43 Å². The maximum Gasteiger partial charge on any atom is 0.223 e. The zero-order valence-corrected chi connectivity index (χ0v) is 13.9. The van der Waals surface area contributed by atoms with Crippen LogP contribution in [0.2, 0.25) is 0 Å². The Bertz CT molecular complexity index is 1150. The van der Waals surface area contributed by atoms with Crippen molar-refractivity contribution < 1.29 is 5.11 Å². The van der Waals surface area contributed by atoms with E-state index in [1.54, 1.807) is 23.2 Å². The maximum absolute atomic E-state index is 11.4. The first-order valence-corrected chi connectivity index (χ1v) is 7.97. The first-order valence-electron chi connectivity index (χ1n) is 7.97. The highest BCUT2D eigenvalue weighted by Crippen LogP contribution is 2.21. The molecule has 26 heavy (non-hydrogen) atoms. The highest BCUT2D eigenvalue weighted by molar-refractivity contribution is 5.61. The molecule has 7 nitrogen and oxygen atoms in total. The van der Waals surface area contributed by atoms with Crippen molar-refractivity contribution in [3.63, 3.8) is 0 Å². The molecule has 0 atom stereocenters. The van der Waals surface area contributed by atoms with E-state index in [1.165, 1.54) is 12.3 Å². The lowest BCUT2D eigenvalue weighted by molar-refractivity contribution is 0.465. The molecular formula is C19H15N5O2. The first-order chi connectivity index (χ1) is 12.6. The van der Waals surface area contributed by atoms with Crippen LogP contribution in [-0.4, -0.2) is 29.2 Å². The molecule has 0 saturated carbocycles. The van der Waals surface area contributed by atoms with Gasteiger partial charge in [0.1, 0.15) is 17.5 Å². The van der Waals surface area contributed by atoms with E-state index in [-0.39, 0.29) is 5.75 Å². The minimum atomic E-state index is -0.428. The summed E-state index contributed by atoms with van der Waals surface area (Å²) in [5.74, 6) is 1.88. The lowest BCUT2D eigenvalue weighted by Crippen LogP contribution is -2.05. The molecule has 0 aromatic carbocycles. The van der Waals surface area contributed by atoms with Gasteiger partial charge in [0, 0.05) is 36.4 Å². The number of rotatable bonds is 3. The standard InChI is InChI=1S/C19H15N5O2/c1-13-20-8-10-24(13)18-4-2-3-15(22-18)14-5-7-21-19(11-14)23-9-6-16(25)17(26)12-23/h2-12,26H,1H3. The monoisotopic (exact) mass is 345 g/mol. The van der Waals surface area contributed by atoms with Gasteiger partial charge in [-0.2, -0.15) is 0 Å². The molecule has 0 spiro atoms. The molecule has 0 aliphatic rings. The summed E-state index contributed by atoms with van der Waals surface area (Å²) in [5, 5.41) is 9.63. The van der Waals surface area contributed by atoms with Gasteiger partial charge in [-0.1, -0.05) is 6.07 Å². The number of nitrogens with zero attached hydrogens (tertiary/aromatic N) is 5. The number of hydrogen-bond donors (Lipinski definition) is 1.